The first kappa shape index (κ1) is 17.1. The second-order valence-corrected chi connectivity index (χ2v) is 6.91. The number of aromatic nitrogens is 2. The highest BCUT2D eigenvalue weighted by molar-refractivity contribution is 5.18. The number of aliphatic hydroxyl groups excluding tert-OH is 1. The van der Waals surface area contributed by atoms with Crippen LogP contribution in [-0.4, -0.2) is 39.3 Å². The Hall–Kier alpha value is -1.72. The van der Waals surface area contributed by atoms with Crippen molar-refractivity contribution < 1.29 is 9.50 Å². The third-order valence-corrected chi connectivity index (χ3v) is 5.08. The lowest BCUT2D eigenvalue weighted by atomic mass is 9.75. The lowest BCUT2D eigenvalue weighted by Gasteiger charge is -2.42. The Balaban J connectivity index is 1.70. The molecule has 24 heavy (non-hydrogen) atoms. The quantitative estimate of drug-likeness (QED) is 0.885. The lowest BCUT2D eigenvalue weighted by Crippen LogP contribution is -2.46. The zero-order valence-electron chi connectivity index (χ0n) is 14.3. The summed E-state index contributed by atoms with van der Waals surface area (Å²) in [7, 11) is 0. The summed E-state index contributed by atoms with van der Waals surface area (Å²) in [6.45, 7) is 5.88. The number of nitrogens with zero attached hydrogens (tertiary/aromatic N) is 3. The molecule has 5 heteroatoms. The van der Waals surface area contributed by atoms with E-state index in [-0.39, 0.29) is 17.8 Å². The molecular weight excluding hydrogens is 305 g/mol. The van der Waals surface area contributed by atoms with Crippen LogP contribution in [-0.2, 0) is 19.5 Å². The molecule has 0 saturated carbocycles. The van der Waals surface area contributed by atoms with E-state index < -0.39 is 0 Å². The molecule has 1 fully saturated rings. The standard InChI is InChI=1S/C19H26FN3O/c1-2-23-11-9-21-18(23)13-22-10-3-8-19(14-22,15-24)12-16-4-6-17(20)7-5-16/h4-7,9,11,24H,2-3,8,10,12-15H2,1H3. The van der Waals surface area contributed by atoms with Crippen LogP contribution in [0.25, 0.3) is 0 Å². The van der Waals surface area contributed by atoms with Crippen molar-refractivity contribution in [2.24, 2.45) is 5.41 Å². The third kappa shape index (κ3) is 3.84. The van der Waals surface area contributed by atoms with Crippen molar-refractivity contribution in [3.05, 3.63) is 53.9 Å². The smallest absolute Gasteiger partial charge is 0.123 e. The van der Waals surface area contributed by atoms with E-state index in [1.807, 2.05) is 24.5 Å². The van der Waals surface area contributed by atoms with Crippen molar-refractivity contribution >= 4 is 0 Å². The van der Waals surface area contributed by atoms with Gasteiger partial charge in [-0.25, -0.2) is 9.37 Å². The van der Waals surface area contributed by atoms with Crippen LogP contribution in [0.3, 0.4) is 0 Å². The Labute approximate surface area is 142 Å². The maximum atomic E-state index is 13.1. The molecule has 0 radical (unpaired) electrons. The van der Waals surface area contributed by atoms with Gasteiger partial charge >= 0.3 is 0 Å². The molecule has 0 aliphatic carbocycles. The molecule has 4 nitrogen and oxygen atoms in total. The largest absolute Gasteiger partial charge is 0.396 e. The Morgan fingerprint density at radius 3 is 2.79 bits per heavy atom. The highest BCUT2D eigenvalue weighted by Crippen LogP contribution is 2.34. The highest BCUT2D eigenvalue weighted by atomic mass is 19.1. The van der Waals surface area contributed by atoms with E-state index in [0.29, 0.717) is 0 Å². The van der Waals surface area contributed by atoms with Crippen LogP contribution in [0.4, 0.5) is 4.39 Å². The monoisotopic (exact) mass is 331 g/mol. The minimum Gasteiger partial charge on any atom is -0.396 e. The maximum Gasteiger partial charge on any atom is 0.123 e. The van der Waals surface area contributed by atoms with Crippen molar-refractivity contribution in [2.45, 2.75) is 39.3 Å². The topological polar surface area (TPSA) is 41.3 Å². The number of benzene rings is 1. The maximum absolute atomic E-state index is 13.1. The molecule has 0 amide bonds. The van der Waals surface area contributed by atoms with E-state index in [4.69, 9.17) is 0 Å². The highest BCUT2D eigenvalue weighted by Gasteiger charge is 2.35. The molecule has 0 bridgehead atoms. The molecule has 1 N–H and O–H groups in total. The number of hydrogen-bond donors (Lipinski definition) is 1. The summed E-state index contributed by atoms with van der Waals surface area (Å²) in [5.41, 5.74) is 0.932. The van der Waals surface area contributed by atoms with Gasteiger partial charge in [-0.3, -0.25) is 4.90 Å². The Morgan fingerprint density at radius 1 is 1.29 bits per heavy atom. The van der Waals surface area contributed by atoms with Gasteiger partial charge in [-0.15, -0.1) is 0 Å². The molecular formula is C19H26FN3O. The van der Waals surface area contributed by atoms with E-state index in [1.165, 1.54) is 12.1 Å². The number of aryl methyl sites for hydroxylation is 1. The first-order chi connectivity index (χ1) is 11.6. The van der Waals surface area contributed by atoms with Crippen LogP contribution in [0.2, 0.25) is 0 Å². The molecule has 1 aliphatic heterocycles. The summed E-state index contributed by atoms with van der Waals surface area (Å²) in [6, 6.07) is 6.66. The van der Waals surface area contributed by atoms with Crippen LogP contribution >= 0.6 is 0 Å². The van der Waals surface area contributed by atoms with Gasteiger partial charge in [0.05, 0.1) is 13.2 Å². The molecule has 1 aromatic heterocycles. The number of imidazole rings is 1. The van der Waals surface area contributed by atoms with Crippen molar-refractivity contribution in [1.29, 1.82) is 0 Å². The molecule has 1 aliphatic rings. The van der Waals surface area contributed by atoms with E-state index >= 15 is 0 Å². The number of hydrogen-bond acceptors (Lipinski definition) is 3. The third-order valence-electron chi connectivity index (χ3n) is 5.08. The Bertz CT molecular complexity index is 655. The summed E-state index contributed by atoms with van der Waals surface area (Å²) in [5.74, 6) is 0.862. The molecule has 130 valence electrons. The Morgan fingerprint density at radius 2 is 2.08 bits per heavy atom. The predicted molar refractivity (Wildman–Crippen MR) is 92.0 cm³/mol. The first-order valence-electron chi connectivity index (χ1n) is 8.72. The number of halogens is 1. The van der Waals surface area contributed by atoms with Gasteiger partial charge in [0.25, 0.3) is 0 Å². The van der Waals surface area contributed by atoms with E-state index in [9.17, 15) is 9.50 Å². The molecule has 3 rings (SSSR count). The molecule has 1 saturated heterocycles. The average Bonchev–Trinajstić information content (AvgIpc) is 3.04. The zero-order valence-corrected chi connectivity index (χ0v) is 14.3. The number of likely N-dealkylation sites (tertiary alicyclic amines) is 1. The zero-order chi connectivity index (χ0) is 17.0. The fourth-order valence-electron chi connectivity index (χ4n) is 3.79. The summed E-state index contributed by atoms with van der Waals surface area (Å²) in [4.78, 5) is 6.85. The molecule has 2 aromatic rings. The number of rotatable bonds is 6. The Kier molecular flexibility index (Phi) is 5.31. The second-order valence-electron chi connectivity index (χ2n) is 6.91. The van der Waals surface area contributed by atoms with Crippen molar-refractivity contribution in [1.82, 2.24) is 14.5 Å². The fraction of sp³-hybridized carbons (Fsp3) is 0.526. The predicted octanol–water partition coefficient (Wildman–Crippen LogP) is 2.86. The van der Waals surface area contributed by atoms with Crippen LogP contribution in [0.1, 0.15) is 31.2 Å². The van der Waals surface area contributed by atoms with Crippen molar-refractivity contribution in [2.75, 3.05) is 19.7 Å². The number of piperidine rings is 1. The minimum atomic E-state index is -0.214. The second kappa shape index (κ2) is 7.45. The summed E-state index contributed by atoms with van der Waals surface area (Å²) >= 11 is 0. The average molecular weight is 331 g/mol. The first-order valence-corrected chi connectivity index (χ1v) is 8.72. The van der Waals surface area contributed by atoms with Gasteiger partial charge < -0.3 is 9.67 Å². The molecule has 0 spiro atoms. The summed E-state index contributed by atoms with van der Waals surface area (Å²) in [6.07, 6.45) is 6.70. The molecule has 1 aromatic carbocycles. The van der Waals surface area contributed by atoms with Gasteiger partial charge in [0.2, 0.25) is 0 Å². The van der Waals surface area contributed by atoms with Gasteiger partial charge in [0.15, 0.2) is 0 Å². The normalized spacial score (nSPS) is 22.0. The van der Waals surface area contributed by atoms with Crippen LogP contribution in [0, 0.1) is 11.2 Å². The lowest BCUT2D eigenvalue weighted by molar-refractivity contribution is 0.0273. The van der Waals surface area contributed by atoms with Gasteiger partial charge in [0, 0.05) is 30.9 Å². The van der Waals surface area contributed by atoms with Gasteiger partial charge in [-0.2, -0.15) is 0 Å². The number of aliphatic hydroxyl groups is 1. The fourth-order valence-corrected chi connectivity index (χ4v) is 3.79. The van der Waals surface area contributed by atoms with Crippen LogP contribution in [0.15, 0.2) is 36.7 Å². The van der Waals surface area contributed by atoms with Crippen LogP contribution in [0.5, 0.6) is 0 Å². The van der Waals surface area contributed by atoms with Crippen molar-refractivity contribution in [3.8, 4) is 0 Å². The van der Waals surface area contributed by atoms with Gasteiger partial charge in [-0.1, -0.05) is 12.1 Å². The summed E-state index contributed by atoms with van der Waals surface area (Å²) < 4.78 is 15.3. The SMILES string of the molecule is CCn1ccnc1CN1CCCC(CO)(Cc2ccc(F)cc2)C1. The van der Waals surface area contributed by atoms with Gasteiger partial charge in [-0.05, 0) is 50.4 Å². The van der Waals surface area contributed by atoms with E-state index in [0.717, 1.165) is 56.8 Å². The van der Waals surface area contributed by atoms with Gasteiger partial charge in [0.1, 0.15) is 11.6 Å². The van der Waals surface area contributed by atoms with Crippen LogP contribution < -0.4 is 0 Å². The van der Waals surface area contributed by atoms with E-state index in [2.05, 4.69) is 21.4 Å². The van der Waals surface area contributed by atoms with E-state index in [1.54, 1.807) is 0 Å². The molecule has 1 unspecified atom stereocenters. The molecule has 1 atom stereocenters. The van der Waals surface area contributed by atoms with Crippen molar-refractivity contribution in [3.63, 3.8) is 0 Å². The molecule has 2 heterocycles. The summed E-state index contributed by atoms with van der Waals surface area (Å²) in [5, 5.41) is 10.1. The minimum absolute atomic E-state index is 0.153.